The van der Waals surface area contributed by atoms with Crippen LogP contribution in [0.3, 0.4) is 0 Å². The van der Waals surface area contributed by atoms with Crippen LogP contribution in [0.1, 0.15) is 11.5 Å². The van der Waals surface area contributed by atoms with Crippen LogP contribution in [0.4, 0.5) is 0 Å². The summed E-state index contributed by atoms with van der Waals surface area (Å²) >= 11 is 0. The van der Waals surface area contributed by atoms with Crippen molar-refractivity contribution in [3.8, 4) is 0 Å². The molecular weight excluding hydrogens is 180 g/mol. The van der Waals surface area contributed by atoms with Crippen molar-refractivity contribution in [3.05, 3.63) is 30.4 Å². The van der Waals surface area contributed by atoms with E-state index in [1.54, 1.807) is 23.5 Å². The van der Waals surface area contributed by atoms with Gasteiger partial charge in [0.1, 0.15) is 6.33 Å². The molecule has 2 aromatic heterocycles. The highest BCUT2D eigenvalue weighted by molar-refractivity contribution is 4.93. The summed E-state index contributed by atoms with van der Waals surface area (Å²) in [5.74, 6) is 0.798. The lowest BCUT2D eigenvalue weighted by Gasteiger charge is -1.98. The fraction of sp³-hybridized carbons (Fsp3) is 0.375. The van der Waals surface area contributed by atoms with Gasteiger partial charge in [0.25, 0.3) is 0 Å². The molecule has 2 aromatic rings. The Morgan fingerprint density at radius 3 is 3.07 bits per heavy atom. The zero-order valence-electron chi connectivity index (χ0n) is 7.94. The lowest BCUT2D eigenvalue weighted by molar-refractivity contribution is 0.642. The number of hydrogen-bond acceptors (Lipinski definition) is 4. The Hall–Kier alpha value is -1.69. The zero-order chi connectivity index (χ0) is 9.80. The lowest BCUT2D eigenvalue weighted by atomic mass is 10.4. The van der Waals surface area contributed by atoms with Gasteiger partial charge in [0, 0.05) is 25.5 Å². The molecule has 0 atom stereocenters. The van der Waals surface area contributed by atoms with Gasteiger partial charge >= 0.3 is 0 Å². The van der Waals surface area contributed by atoms with Crippen molar-refractivity contribution in [2.45, 2.75) is 13.1 Å². The van der Waals surface area contributed by atoms with E-state index in [1.165, 1.54) is 0 Å². The third-order valence-electron chi connectivity index (χ3n) is 1.80. The SMILES string of the molecule is Cn1cnc(CNCc2cnc[nH]2)n1. The minimum absolute atomic E-state index is 0.667. The van der Waals surface area contributed by atoms with E-state index in [2.05, 4.69) is 25.4 Å². The van der Waals surface area contributed by atoms with Crippen molar-refractivity contribution in [2.75, 3.05) is 0 Å². The Morgan fingerprint density at radius 1 is 1.50 bits per heavy atom. The Labute approximate surface area is 81.4 Å². The lowest BCUT2D eigenvalue weighted by Crippen LogP contribution is -2.14. The summed E-state index contributed by atoms with van der Waals surface area (Å²) in [5.41, 5.74) is 1.06. The minimum Gasteiger partial charge on any atom is -0.347 e. The van der Waals surface area contributed by atoms with Gasteiger partial charge in [-0.25, -0.2) is 9.97 Å². The molecule has 2 heterocycles. The summed E-state index contributed by atoms with van der Waals surface area (Å²) in [4.78, 5) is 11.0. The Bertz CT molecular complexity index is 376. The average Bonchev–Trinajstić information content (AvgIpc) is 2.77. The van der Waals surface area contributed by atoms with Gasteiger partial charge in [-0.2, -0.15) is 5.10 Å². The largest absolute Gasteiger partial charge is 0.347 e. The van der Waals surface area contributed by atoms with Gasteiger partial charge in [0.05, 0.1) is 12.9 Å². The molecule has 0 unspecified atom stereocenters. The molecule has 0 bridgehead atoms. The molecular formula is C8H12N6. The molecule has 2 rings (SSSR count). The monoisotopic (exact) mass is 192 g/mol. The first-order valence-corrected chi connectivity index (χ1v) is 4.37. The summed E-state index contributed by atoms with van der Waals surface area (Å²) in [6, 6.07) is 0. The molecule has 0 aliphatic heterocycles. The Kier molecular flexibility index (Phi) is 2.55. The van der Waals surface area contributed by atoms with E-state index < -0.39 is 0 Å². The van der Waals surface area contributed by atoms with E-state index in [0.29, 0.717) is 6.54 Å². The van der Waals surface area contributed by atoms with E-state index in [9.17, 15) is 0 Å². The number of nitrogens with one attached hydrogen (secondary N) is 2. The number of H-pyrrole nitrogens is 1. The predicted molar refractivity (Wildman–Crippen MR) is 50.1 cm³/mol. The van der Waals surface area contributed by atoms with Gasteiger partial charge < -0.3 is 10.3 Å². The summed E-state index contributed by atoms with van der Waals surface area (Å²) in [7, 11) is 1.85. The number of hydrogen-bond donors (Lipinski definition) is 2. The van der Waals surface area contributed by atoms with E-state index in [-0.39, 0.29) is 0 Å². The molecule has 0 saturated carbocycles. The van der Waals surface area contributed by atoms with Gasteiger partial charge in [0.15, 0.2) is 5.82 Å². The second-order valence-electron chi connectivity index (χ2n) is 3.01. The zero-order valence-corrected chi connectivity index (χ0v) is 7.94. The highest BCUT2D eigenvalue weighted by atomic mass is 15.3. The first-order chi connectivity index (χ1) is 6.84. The van der Waals surface area contributed by atoms with Crippen LogP contribution in [0, 0.1) is 0 Å². The van der Waals surface area contributed by atoms with Gasteiger partial charge in [-0.3, -0.25) is 4.68 Å². The number of aryl methyl sites for hydroxylation is 1. The molecule has 14 heavy (non-hydrogen) atoms. The molecule has 0 spiro atoms. The molecule has 0 aromatic carbocycles. The number of rotatable bonds is 4. The molecule has 0 aliphatic carbocycles. The van der Waals surface area contributed by atoms with Crippen LogP contribution in [-0.2, 0) is 20.1 Å². The number of aromatic nitrogens is 5. The van der Waals surface area contributed by atoms with E-state index in [4.69, 9.17) is 0 Å². The van der Waals surface area contributed by atoms with Crippen molar-refractivity contribution >= 4 is 0 Å². The van der Waals surface area contributed by atoms with Crippen LogP contribution in [0.15, 0.2) is 18.9 Å². The van der Waals surface area contributed by atoms with Crippen molar-refractivity contribution < 1.29 is 0 Å². The fourth-order valence-corrected chi connectivity index (χ4v) is 1.16. The van der Waals surface area contributed by atoms with Crippen molar-refractivity contribution in [2.24, 2.45) is 7.05 Å². The molecule has 0 radical (unpaired) electrons. The molecule has 2 N–H and O–H groups in total. The third kappa shape index (κ3) is 2.17. The Balaban J connectivity index is 1.78. The maximum atomic E-state index is 4.15. The maximum absolute atomic E-state index is 4.15. The normalized spacial score (nSPS) is 10.6. The van der Waals surface area contributed by atoms with Crippen molar-refractivity contribution in [3.63, 3.8) is 0 Å². The predicted octanol–water partition coefficient (Wildman–Crippen LogP) is -0.172. The van der Waals surface area contributed by atoms with Gasteiger partial charge in [-0.05, 0) is 0 Å². The molecule has 0 aliphatic rings. The summed E-state index contributed by atoms with van der Waals surface area (Å²) < 4.78 is 1.69. The first-order valence-electron chi connectivity index (χ1n) is 4.37. The number of aromatic amines is 1. The van der Waals surface area contributed by atoms with E-state index >= 15 is 0 Å². The van der Waals surface area contributed by atoms with Crippen LogP contribution in [0.25, 0.3) is 0 Å². The maximum Gasteiger partial charge on any atom is 0.164 e. The quantitative estimate of drug-likeness (QED) is 0.705. The molecule has 0 saturated heterocycles. The third-order valence-corrected chi connectivity index (χ3v) is 1.80. The second kappa shape index (κ2) is 4.01. The molecule has 0 fully saturated rings. The van der Waals surface area contributed by atoms with Gasteiger partial charge in [-0.15, -0.1) is 0 Å². The van der Waals surface area contributed by atoms with Crippen LogP contribution in [-0.4, -0.2) is 24.7 Å². The van der Waals surface area contributed by atoms with E-state index in [1.807, 2.05) is 7.05 Å². The van der Waals surface area contributed by atoms with E-state index in [0.717, 1.165) is 18.1 Å². The van der Waals surface area contributed by atoms with Crippen LogP contribution in [0.2, 0.25) is 0 Å². The van der Waals surface area contributed by atoms with Crippen molar-refractivity contribution in [1.82, 2.24) is 30.0 Å². The highest BCUT2D eigenvalue weighted by Crippen LogP contribution is 1.91. The molecule has 6 nitrogen and oxygen atoms in total. The average molecular weight is 192 g/mol. The number of imidazole rings is 1. The van der Waals surface area contributed by atoms with Gasteiger partial charge in [0.2, 0.25) is 0 Å². The smallest absolute Gasteiger partial charge is 0.164 e. The van der Waals surface area contributed by atoms with Gasteiger partial charge in [-0.1, -0.05) is 0 Å². The standard InChI is InChI=1S/C8H12N6/c1-14-6-12-8(13-14)4-9-2-7-3-10-5-11-7/h3,5-6,9H,2,4H2,1H3,(H,10,11). The molecule has 0 amide bonds. The topological polar surface area (TPSA) is 71.4 Å². The van der Waals surface area contributed by atoms with Crippen LogP contribution >= 0.6 is 0 Å². The minimum atomic E-state index is 0.667. The molecule has 74 valence electrons. The van der Waals surface area contributed by atoms with Crippen LogP contribution < -0.4 is 5.32 Å². The highest BCUT2D eigenvalue weighted by Gasteiger charge is 1.98. The second-order valence-corrected chi connectivity index (χ2v) is 3.01. The van der Waals surface area contributed by atoms with Crippen LogP contribution in [0.5, 0.6) is 0 Å². The van der Waals surface area contributed by atoms with Crippen molar-refractivity contribution in [1.29, 1.82) is 0 Å². The summed E-state index contributed by atoms with van der Waals surface area (Å²) in [6.45, 7) is 1.41. The molecule has 6 heteroatoms. The first kappa shape index (κ1) is 8.89. The summed E-state index contributed by atoms with van der Waals surface area (Å²) in [6.07, 6.45) is 5.14. The Morgan fingerprint density at radius 2 is 2.43 bits per heavy atom. The fourth-order valence-electron chi connectivity index (χ4n) is 1.16. The number of nitrogens with zero attached hydrogens (tertiary/aromatic N) is 4. The summed E-state index contributed by atoms with van der Waals surface area (Å²) in [5, 5.41) is 7.35.